The van der Waals surface area contributed by atoms with Crippen molar-refractivity contribution in [1.82, 2.24) is 19.7 Å². The van der Waals surface area contributed by atoms with E-state index in [1.165, 1.54) is 0 Å². The lowest BCUT2D eigenvalue weighted by Gasteiger charge is -2.32. The van der Waals surface area contributed by atoms with E-state index in [1.54, 1.807) is 10.7 Å². The van der Waals surface area contributed by atoms with Crippen LogP contribution in [0.25, 0.3) is 17.7 Å². The topological polar surface area (TPSA) is 67.6 Å². The van der Waals surface area contributed by atoms with E-state index in [9.17, 15) is 9.59 Å². The maximum absolute atomic E-state index is 12.9. The minimum Gasteiger partial charge on any atom is -0.342 e. The number of hydrogen-bond donors (Lipinski definition) is 0. The number of likely N-dealkylation sites (tertiary alicyclic amines) is 1. The van der Waals surface area contributed by atoms with Crippen molar-refractivity contribution < 1.29 is 9.59 Å². The fourth-order valence-corrected chi connectivity index (χ4v) is 4.55. The number of carbonyl (C=O) groups is 2. The number of carbonyl (C=O) groups excluding carboxylic acids is 2. The first-order valence-electron chi connectivity index (χ1n) is 10.5. The van der Waals surface area contributed by atoms with Crippen molar-refractivity contribution in [3.05, 3.63) is 65.1 Å². The second kappa shape index (κ2) is 7.86. The number of amides is 1. The number of nitrogens with zero attached hydrogens (tertiary/aromatic N) is 4. The number of rotatable bonds is 5. The van der Waals surface area contributed by atoms with Crippen LogP contribution in [0, 0.1) is 11.8 Å². The average molecular weight is 400 g/mol. The third-order valence-electron chi connectivity index (χ3n) is 6.26. The van der Waals surface area contributed by atoms with E-state index < -0.39 is 0 Å². The zero-order chi connectivity index (χ0) is 20.5. The fraction of sp³-hybridized carbons (Fsp3) is 0.333. The maximum atomic E-state index is 12.9. The van der Waals surface area contributed by atoms with E-state index in [2.05, 4.69) is 28.5 Å². The van der Waals surface area contributed by atoms with Crippen LogP contribution < -0.4 is 5.22 Å². The molecule has 1 atom stereocenters. The van der Waals surface area contributed by atoms with Gasteiger partial charge in [-0.1, -0.05) is 53.8 Å². The molecule has 6 nitrogen and oxygen atoms in total. The molecule has 1 aliphatic heterocycles. The normalized spacial score (nSPS) is 18.9. The number of benzene rings is 1. The summed E-state index contributed by atoms with van der Waals surface area (Å²) in [6, 6.07) is 9.83. The van der Waals surface area contributed by atoms with E-state index in [0.29, 0.717) is 31.7 Å². The SMILES string of the molecule is O=C(CC1C=Cc2cn3nncc3c2=C1)C1CCN(C(=O)Cc2ccccc2)CC1. The molecule has 1 aromatic carbocycles. The van der Waals surface area contributed by atoms with Crippen molar-refractivity contribution >= 4 is 29.4 Å². The van der Waals surface area contributed by atoms with Gasteiger partial charge in [-0.05, 0) is 18.4 Å². The van der Waals surface area contributed by atoms with E-state index >= 15 is 0 Å². The molecule has 30 heavy (non-hydrogen) atoms. The van der Waals surface area contributed by atoms with Crippen molar-refractivity contribution in [2.24, 2.45) is 11.8 Å². The van der Waals surface area contributed by atoms with Gasteiger partial charge in [-0.25, -0.2) is 4.52 Å². The molecule has 1 saturated heterocycles. The Morgan fingerprint density at radius 1 is 1.10 bits per heavy atom. The zero-order valence-corrected chi connectivity index (χ0v) is 16.8. The number of ketones is 1. The molecule has 0 bridgehead atoms. The molecule has 152 valence electrons. The van der Waals surface area contributed by atoms with Gasteiger partial charge < -0.3 is 4.90 Å². The smallest absolute Gasteiger partial charge is 0.226 e. The fourth-order valence-electron chi connectivity index (χ4n) is 4.55. The molecule has 0 spiro atoms. The van der Waals surface area contributed by atoms with Crippen molar-refractivity contribution in [3.63, 3.8) is 0 Å². The summed E-state index contributed by atoms with van der Waals surface area (Å²) in [4.78, 5) is 27.4. The van der Waals surface area contributed by atoms with Crippen LogP contribution >= 0.6 is 0 Å². The lowest BCUT2D eigenvalue weighted by Crippen LogP contribution is -2.41. The van der Waals surface area contributed by atoms with Crippen LogP contribution in [0.15, 0.2) is 48.8 Å². The van der Waals surface area contributed by atoms with E-state index in [1.807, 2.05) is 41.4 Å². The number of hydrogen-bond acceptors (Lipinski definition) is 4. The highest BCUT2D eigenvalue weighted by molar-refractivity contribution is 5.84. The molecule has 1 amide bonds. The highest BCUT2D eigenvalue weighted by Crippen LogP contribution is 2.24. The van der Waals surface area contributed by atoms with E-state index in [-0.39, 0.29) is 17.7 Å². The van der Waals surface area contributed by atoms with Crippen LogP contribution in [-0.4, -0.2) is 44.5 Å². The average Bonchev–Trinajstić information content (AvgIpc) is 3.36. The predicted molar refractivity (Wildman–Crippen MR) is 114 cm³/mol. The predicted octanol–water partition coefficient (Wildman–Crippen LogP) is 2.31. The van der Waals surface area contributed by atoms with Gasteiger partial charge in [0.05, 0.1) is 18.1 Å². The number of aromatic nitrogens is 3. The van der Waals surface area contributed by atoms with Crippen LogP contribution in [0.3, 0.4) is 0 Å². The lowest BCUT2D eigenvalue weighted by molar-refractivity contribution is -0.134. The summed E-state index contributed by atoms with van der Waals surface area (Å²) < 4.78 is 1.78. The Kier molecular flexibility index (Phi) is 4.91. The van der Waals surface area contributed by atoms with Crippen LogP contribution in [-0.2, 0) is 16.0 Å². The van der Waals surface area contributed by atoms with Crippen molar-refractivity contribution in [2.75, 3.05) is 13.1 Å². The van der Waals surface area contributed by atoms with Gasteiger partial charge >= 0.3 is 0 Å². The lowest BCUT2D eigenvalue weighted by atomic mass is 9.86. The van der Waals surface area contributed by atoms with Crippen LogP contribution in [0.4, 0.5) is 0 Å². The van der Waals surface area contributed by atoms with Gasteiger partial charge in [0, 0.05) is 48.3 Å². The molecule has 5 rings (SSSR count). The number of piperidine rings is 1. The molecule has 1 unspecified atom stereocenters. The molecule has 0 radical (unpaired) electrons. The first-order chi connectivity index (χ1) is 14.7. The van der Waals surface area contributed by atoms with Gasteiger partial charge in [-0.15, -0.1) is 5.10 Å². The van der Waals surface area contributed by atoms with Crippen molar-refractivity contribution in [3.8, 4) is 0 Å². The van der Waals surface area contributed by atoms with Gasteiger partial charge in [-0.2, -0.15) is 0 Å². The summed E-state index contributed by atoms with van der Waals surface area (Å²) in [5.74, 6) is 0.598. The molecule has 3 aromatic rings. The van der Waals surface area contributed by atoms with Gasteiger partial charge in [0.25, 0.3) is 0 Å². The van der Waals surface area contributed by atoms with Crippen molar-refractivity contribution in [1.29, 1.82) is 0 Å². The Morgan fingerprint density at radius 2 is 1.90 bits per heavy atom. The number of Topliss-reactive ketones (excluding diaryl/α,β-unsaturated/α-hetero) is 1. The first-order valence-corrected chi connectivity index (χ1v) is 10.5. The monoisotopic (exact) mass is 400 g/mol. The van der Waals surface area contributed by atoms with Crippen LogP contribution in [0.2, 0.25) is 0 Å². The Hall–Kier alpha value is -3.28. The van der Waals surface area contributed by atoms with Gasteiger partial charge in [0.1, 0.15) is 5.78 Å². The summed E-state index contributed by atoms with van der Waals surface area (Å²) in [5, 5.41) is 9.10. The summed E-state index contributed by atoms with van der Waals surface area (Å²) in [7, 11) is 0. The minimum atomic E-state index is 0.0466. The molecule has 0 N–H and O–H groups in total. The van der Waals surface area contributed by atoms with Crippen LogP contribution in [0.5, 0.6) is 0 Å². The molecule has 3 heterocycles. The maximum Gasteiger partial charge on any atom is 0.226 e. The van der Waals surface area contributed by atoms with E-state index in [4.69, 9.17) is 0 Å². The van der Waals surface area contributed by atoms with Gasteiger partial charge in [0.2, 0.25) is 5.91 Å². The third-order valence-corrected chi connectivity index (χ3v) is 6.26. The number of allylic oxidation sites excluding steroid dienone is 1. The highest BCUT2D eigenvalue weighted by Gasteiger charge is 2.28. The Balaban J connectivity index is 1.17. The third kappa shape index (κ3) is 3.65. The Bertz CT molecular complexity index is 1160. The second-order valence-electron chi connectivity index (χ2n) is 8.24. The molecule has 0 saturated carbocycles. The Morgan fingerprint density at radius 3 is 2.70 bits per heavy atom. The summed E-state index contributed by atoms with van der Waals surface area (Å²) in [6.45, 7) is 1.34. The summed E-state index contributed by atoms with van der Waals surface area (Å²) in [5.41, 5.74) is 3.14. The first kappa shape index (κ1) is 18.7. The summed E-state index contributed by atoms with van der Waals surface area (Å²) in [6.07, 6.45) is 12.5. The highest BCUT2D eigenvalue weighted by atomic mass is 16.2. The molecular weight excluding hydrogens is 376 g/mol. The largest absolute Gasteiger partial charge is 0.342 e. The number of fused-ring (bicyclic) bond motifs is 3. The molecule has 1 aliphatic carbocycles. The van der Waals surface area contributed by atoms with Gasteiger partial charge in [0.15, 0.2) is 0 Å². The molecular formula is C24H24N4O2. The van der Waals surface area contributed by atoms with Crippen LogP contribution in [0.1, 0.15) is 30.4 Å². The van der Waals surface area contributed by atoms with Gasteiger partial charge in [-0.3, -0.25) is 9.59 Å². The zero-order valence-electron chi connectivity index (χ0n) is 16.8. The summed E-state index contributed by atoms with van der Waals surface area (Å²) >= 11 is 0. The molecule has 6 heteroatoms. The standard InChI is InChI=1S/C24H24N4O2/c29-23(13-18-6-7-20-16-28-22(15-25-26-28)21(20)12-18)19-8-10-27(11-9-19)24(30)14-17-4-2-1-3-5-17/h1-7,12,15-16,18-19H,8-11,13-14H2. The quantitative estimate of drug-likeness (QED) is 0.659. The minimum absolute atomic E-state index is 0.0466. The van der Waals surface area contributed by atoms with E-state index in [0.717, 1.165) is 34.7 Å². The molecule has 2 aliphatic rings. The Labute approximate surface area is 174 Å². The molecule has 1 fully saturated rings. The molecule has 2 aromatic heterocycles. The van der Waals surface area contributed by atoms with Crippen molar-refractivity contribution in [2.45, 2.75) is 25.7 Å². The second-order valence-corrected chi connectivity index (χ2v) is 8.24.